The van der Waals surface area contributed by atoms with E-state index < -0.39 is 0 Å². The number of hydrogen-bond donors (Lipinski definition) is 0. The molecule has 1 saturated heterocycles. The first kappa shape index (κ1) is 21.9. The van der Waals surface area contributed by atoms with Crippen molar-refractivity contribution in [1.82, 2.24) is 4.90 Å². The van der Waals surface area contributed by atoms with Gasteiger partial charge in [0.25, 0.3) is 0 Å². The molecule has 1 aliphatic heterocycles. The normalized spacial score (nSPS) is 17.9. The maximum absolute atomic E-state index is 12.9. The molecule has 1 atom stereocenters. The van der Waals surface area contributed by atoms with E-state index in [0.717, 1.165) is 35.4 Å². The van der Waals surface area contributed by atoms with Crippen LogP contribution in [0.4, 0.5) is 5.69 Å². The molecule has 0 radical (unpaired) electrons. The summed E-state index contributed by atoms with van der Waals surface area (Å²) in [6, 6.07) is 15.8. The fraction of sp³-hybridized carbons (Fsp3) is 0.348. The third kappa shape index (κ3) is 5.42. The van der Waals surface area contributed by atoms with Gasteiger partial charge in [0, 0.05) is 19.8 Å². The molecule has 1 heterocycles. The Morgan fingerprint density at radius 2 is 1.83 bits per heavy atom. The molecule has 0 spiro atoms. The number of benzene rings is 2. The van der Waals surface area contributed by atoms with Crippen LogP contribution in [0.25, 0.3) is 0 Å². The largest absolute Gasteiger partial charge is 0.497 e. The molecule has 0 aromatic heterocycles. The minimum absolute atomic E-state index is 0.0958. The summed E-state index contributed by atoms with van der Waals surface area (Å²) in [6.45, 7) is 2.56. The maximum Gasteiger partial charge on any atom is 0.242 e. The Morgan fingerprint density at radius 1 is 1.13 bits per heavy atom. The number of rotatable bonds is 8. The van der Waals surface area contributed by atoms with E-state index in [1.807, 2.05) is 67.5 Å². The summed E-state index contributed by atoms with van der Waals surface area (Å²) in [7, 11) is 5.66. The molecule has 1 aliphatic rings. The number of hydrogen-bond acceptors (Lipinski definition) is 6. The number of thioether (sulfide) groups is 1. The van der Waals surface area contributed by atoms with Crippen LogP contribution in [-0.2, 0) is 11.3 Å². The molecule has 7 heteroatoms. The molecule has 6 nitrogen and oxygen atoms in total. The van der Waals surface area contributed by atoms with Crippen molar-refractivity contribution in [2.24, 2.45) is 10.2 Å². The number of methoxy groups -OCH3 is 1. The van der Waals surface area contributed by atoms with Crippen LogP contribution in [0.1, 0.15) is 30.9 Å². The van der Waals surface area contributed by atoms with Crippen LogP contribution >= 0.6 is 11.8 Å². The third-order valence-corrected chi connectivity index (χ3v) is 6.06. The number of nitrogens with zero attached hydrogens (tertiary/aromatic N) is 4. The summed E-state index contributed by atoms with van der Waals surface area (Å²) in [5, 5.41) is 9.20. The van der Waals surface area contributed by atoms with Gasteiger partial charge in [-0.2, -0.15) is 5.10 Å². The molecule has 1 fully saturated rings. The fourth-order valence-corrected chi connectivity index (χ4v) is 4.31. The Balaban J connectivity index is 1.76. The van der Waals surface area contributed by atoms with Crippen molar-refractivity contribution in [3.05, 3.63) is 59.7 Å². The van der Waals surface area contributed by atoms with Crippen LogP contribution < -0.4 is 9.64 Å². The Hall–Kier alpha value is -2.80. The van der Waals surface area contributed by atoms with Gasteiger partial charge in [0.15, 0.2) is 5.17 Å². The van der Waals surface area contributed by atoms with Crippen LogP contribution in [0, 0.1) is 0 Å². The molecule has 0 N–H and O–H groups in total. The summed E-state index contributed by atoms with van der Waals surface area (Å²) < 4.78 is 5.22. The molecular weight excluding hydrogens is 396 g/mol. The van der Waals surface area contributed by atoms with Crippen LogP contribution in [0.2, 0.25) is 0 Å². The molecule has 0 unspecified atom stereocenters. The first-order valence-corrected chi connectivity index (χ1v) is 10.9. The third-order valence-electron chi connectivity index (χ3n) is 4.83. The first-order chi connectivity index (χ1) is 14.5. The van der Waals surface area contributed by atoms with Gasteiger partial charge in [0.1, 0.15) is 5.75 Å². The summed E-state index contributed by atoms with van der Waals surface area (Å²) in [5.41, 5.74) is 3.12. The Labute approximate surface area is 182 Å². The van der Waals surface area contributed by atoms with Gasteiger partial charge in [0.2, 0.25) is 5.91 Å². The summed E-state index contributed by atoms with van der Waals surface area (Å²) in [6.07, 6.45) is 3.50. The highest BCUT2D eigenvalue weighted by Crippen LogP contribution is 2.32. The lowest BCUT2D eigenvalue weighted by Crippen LogP contribution is -2.31. The van der Waals surface area contributed by atoms with E-state index in [0.29, 0.717) is 11.7 Å². The Bertz CT molecular complexity index is 908. The highest BCUT2D eigenvalue weighted by molar-refractivity contribution is 8.15. The van der Waals surface area contributed by atoms with Gasteiger partial charge in [-0.25, -0.2) is 0 Å². The highest BCUT2D eigenvalue weighted by atomic mass is 32.2. The smallest absolute Gasteiger partial charge is 0.242 e. The monoisotopic (exact) mass is 424 g/mol. The highest BCUT2D eigenvalue weighted by Gasteiger charge is 2.37. The standard InChI is InChI=1S/C23H28N4O2S/c1-5-6-21-22(28)27(16-18-9-13-20(29-4)14-10-18)23(30-21)25-24-15-17-7-11-19(12-8-17)26(2)3/h7-15,21H,5-6,16H2,1-4H3/b24-15-,25-23-/t21-/m0/s1. The predicted octanol–water partition coefficient (Wildman–Crippen LogP) is 4.40. The van der Waals surface area contributed by atoms with E-state index in [4.69, 9.17) is 4.74 Å². The molecular formula is C23H28N4O2S. The second-order valence-corrected chi connectivity index (χ2v) is 8.45. The van der Waals surface area contributed by atoms with Gasteiger partial charge in [-0.15, -0.1) is 5.10 Å². The van der Waals surface area contributed by atoms with E-state index in [2.05, 4.69) is 17.1 Å². The number of ether oxygens (including phenoxy) is 1. The minimum atomic E-state index is -0.0958. The predicted molar refractivity (Wildman–Crippen MR) is 126 cm³/mol. The van der Waals surface area contributed by atoms with Crippen molar-refractivity contribution < 1.29 is 9.53 Å². The lowest BCUT2D eigenvalue weighted by molar-refractivity contribution is -0.126. The van der Waals surface area contributed by atoms with E-state index in [9.17, 15) is 4.79 Å². The topological polar surface area (TPSA) is 57.5 Å². The van der Waals surface area contributed by atoms with Crippen molar-refractivity contribution in [3.63, 3.8) is 0 Å². The van der Waals surface area contributed by atoms with Crippen LogP contribution in [-0.4, -0.2) is 48.6 Å². The zero-order chi connectivity index (χ0) is 21.5. The average molecular weight is 425 g/mol. The molecule has 3 rings (SSSR count). The lowest BCUT2D eigenvalue weighted by atomic mass is 10.2. The van der Waals surface area contributed by atoms with E-state index in [1.54, 1.807) is 18.2 Å². The van der Waals surface area contributed by atoms with E-state index in [1.165, 1.54) is 11.8 Å². The van der Waals surface area contributed by atoms with Crippen molar-refractivity contribution in [2.45, 2.75) is 31.6 Å². The van der Waals surface area contributed by atoms with Crippen molar-refractivity contribution in [2.75, 3.05) is 26.1 Å². The lowest BCUT2D eigenvalue weighted by Gasteiger charge is -2.16. The van der Waals surface area contributed by atoms with Crippen molar-refractivity contribution >= 4 is 34.7 Å². The molecule has 1 amide bonds. The van der Waals surface area contributed by atoms with Gasteiger partial charge in [0.05, 0.1) is 25.1 Å². The average Bonchev–Trinajstić information content (AvgIpc) is 3.04. The molecule has 30 heavy (non-hydrogen) atoms. The van der Waals surface area contributed by atoms with Gasteiger partial charge in [-0.05, 0) is 41.8 Å². The summed E-state index contributed by atoms with van der Waals surface area (Å²) in [5.74, 6) is 0.894. The second kappa shape index (κ2) is 10.3. The Kier molecular flexibility index (Phi) is 7.52. The summed E-state index contributed by atoms with van der Waals surface area (Å²) in [4.78, 5) is 16.7. The fourth-order valence-electron chi connectivity index (χ4n) is 3.09. The molecule has 2 aromatic rings. The number of carbonyl (C=O) groups is 1. The maximum atomic E-state index is 12.9. The molecule has 0 bridgehead atoms. The van der Waals surface area contributed by atoms with Crippen LogP contribution in [0.5, 0.6) is 5.75 Å². The number of carbonyl (C=O) groups excluding carboxylic acids is 1. The van der Waals surface area contributed by atoms with Gasteiger partial charge >= 0.3 is 0 Å². The number of amides is 1. The minimum Gasteiger partial charge on any atom is -0.497 e. The van der Waals surface area contributed by atoms with Gasteiger partial charge < -0.3 is 9.64 Å². The van der Waals surface area contributed by atoms with Crippen LogP contribution in [0.15, 0.2) is 58.7 Å². The van der Waals surface area contributed by atoms with Gasteiger partial charge in [-0.1, -0.05) is 49.4 Å². The number of anilines is 1. The number of amidine groups is 1. The SMILES string of the molecule is CCC[C@@H]1S/C(=N\N=C/c2ccc(N(C)C)cc2)N(Cc2ccc(OC)cc2)C1=O. The molecule has 158 valence electrons. The quantitative estimate of drug-likeness (QED) is 0.466. The zero-order valence-corrected chi connectivity index (χ0v) is 18.7. The molecule has 2 aromatic carbocycles. The van der Waals surface area contributed by atoms with Gasteiger partial charge in [-0.3, -0.25) is 9.69 Å². The van der Waals surface area contributed by atoms with Crippen LogP contribution in [0.3, 0.4) is 0 Å². The zero-order valence-electron chi connectivity index (χ0n) is 17.9. The summed E-state index contributed by atoms with van der Waals surface area (Å²) >= 11 is 1.50. The van der Waals surface area contributed by atoms with E-state index in [-0.39, 0.29) is 11.2 Å². The first-order valence-electron chi connectivity index (χ1n) is 10.0. The van der Waals surface area contributed by atoms with E-state index >= 15 is 0 Å². The second-order valence-electron chi connectivity index (χ2n) is 7.28. The molecule has 0 saturated carbocycles. The van der Waals surface area contributed by atoms with Crippen molar-refractivity contribution in [3.8, 4) is 5.75 Å². The molecule has 0 aliphatic carbocycles. The Morgan fingerprint density at radius 3 is 2.43 bits per heavy atom. The van der Waals surface area contributed by atoms with Crippen molar-refractivity contribution in [1.29, 1.82) is 0 Å².